The van der Waals surface area contributed by atoms with Gasteiger partial charge in [0.1, 0.15) is 13.5 Å². The van der Waals surface area contributed by atoms with Gasteiger partial charge >= 0.3 is 0 Å². The molecular weight excluding hydrogens is 116 g/mol. The van der Waals surface area contributed by atoms with Crippen LogP contribution in [-0.2, 0) is 0 Å². The lowest BCUT2D eigenvalue weighted by Crippen LogP contribution is -1.77. The van der Waals surface area contributed by atoms with Crippen LogP contribution in [0.1, 0.15) is 12.8 Å². The molecule has 0 spiro atoms. The molecule has 1 aromatic heterocycles. The van der Waals surface area contributed by atoms with E-state index in [-0.39, 0.29) is 17.7 Å². The van der Waals surface area contributed by atoms with Crippen LogP contribution in [0, 0.1) is 22.7 Å². The zero-order valence-electron chi connectivity index (χ0n) is 5.34. The summed E-state index contributed by atoms with van der Waals surface area (Å²) in [6, 6.07) is 3.39. The van der Waals surface area contributed by atoms with Gasteiger partial charge in [0.05, 0.1) is 6.30 Å². The Labute approximate surface area is 52.8 Å². The third-order valence-corrected chi connectivity index (χ3v) is 0.803. The Bertz CT molecular complexity index is 295. The molecule has 0 saturated heterocycles. The smallest absolute Gasteiger partial charge is 0.176 e. The first-order valence-corrected chi connectivity index (χ1v) is 2.14. The molecule has 0 atom stereocenters. The number of H-pyrrole nitrogens is 1. The monoisotopic (exact) mass is 119 g/mol. The van der Waals surface area contributed by atoms with Gasteiger partial charge in [-0.15, -0.1) is 0 Å². The average molecular weight is 119 g/mol. The fourth-order valence-corrected chi connectivity index (χ4v) is 0.417. The number of nitrogens with one attached hydrogen (secondary N) is 1. The number of hydrogen-bond acceptors (Lipinski definition) is 3. The second kappa shape index (κ2) is 1.97. The van der Waals surface area contributed by atoms with Crippen molar-refractivity contribution in [2.45, 2.75) is 0 Å². The van der Waals surface area contributed by atoms with Gasteiger partial charge in [-0.3, -0.25) is 0 Å². The van der Waals surface area contributed by atoms with Gasteiger partial charge in [0.15, 0.2) is 11.4 Å². The number of imidazole rings is 1. The van der Waals surface area contributed by atoms with Crippen LogP contribution in [0.4, 0.5) is 0 Å². The van der Waals surface area contributed by atoms with Crippen LogP contribution in [0.25, 0.3) is 0 Å². The zero-order chi connectivity index (χ0) is 7.56. The van der Waals surface area contributed by atoms with Crippen LogP contribution >= 0.6 is 0 Å². The molecule has 4 heteroatoms. The van der Waals surface area contributed by atoms with E-state index >= 15 is 0 Å². The highest BCUT2D eigenvalue weighted by atomic mass is 14.9. The van der Waals surface area contributed by atoms with Crippen molar-refractivity contribution in [2.24, 2.45) is 0 Å². The third kappa shape index (κ3) is 0.731. The first kappa shape index (κ1) is 4.11. The average Bonchev–Trinajstić information content (AvgIpc) is 2.30. The molecule has 9 heavy (non-hydrogen) atoms. The van der Waals surface area contributed by atoms with Crippen LogP contribution in [0.3, 0.4) is 0 Å². The predicted molar refractivity (Wildman–Crippen MR) is 28.0 cm³/mol. The lowest BCUT2D eigenvalue weighted by molar-refractivity contribution is 1.29. The molecule has 0 aliphatic heterocycles. The van der Waals surface area contributed by atoms with Gasteiger partial charge in [0.2, 0.25) is 0 Å². The quantitative estimate of drug-likeness (QED) is 0.528. The SMILES string of the molecule is [2H]c1nc(C#N)c(C#N)[nH]1. The maximum absolute atomic E-state index is 8.31. The molecular formula is C5H2N4. The topological polar surface area (TPSA) is 76.3 Å². The molecule has 1 aromatic rings. The van der Waals surface area contributed by atoms with E-state index in [1.807, 2.05) is 0 Å². The first-order valence-electron chi connectivity index (χ1n) is 2.64. The minimum absolute atomic E-state index is 0.0208. The van der Waals surface area contributed by atoms with Crippen molar-refractivity contribution >= 4 is 0 Å². The molecule has 0 bridgehead atoms. The number of aromatic amines is 1. The summed E-state index contributed by atoms with van der Waals surface area (Å²) in [4.78, 5) is 5.74. The summed E-state index contributed by atoms with van der Waals surface area (Å²) < 4.78 is 6.89. The summed E-state index contributed by atoms with van der Waals surface area (Å²) in [5.41, 5.74) is 0.0278. The van der Waals surface area contributed by atoms with E-state index in [2.05, 4.69) is 9.97 Å². The zero-order valence-corrected chi connectivity index (χ0v) is 4.34. The Balaban J connectivity index is 3.28. The minimum Gasteiger partial charge on any atom is -0.335 e. The van der Waals surface area contributed by atoms with Crippen LogP contribution in [0.15, 0.2) is 6.30 Å². The van der Waals surface area contributed by atoms with Crippen molar-refractivity contribution in [3.63, 3.8) is 0 Å². The second-order valence-corrected chi connectivity index (χ2v) is 1.30. The molecule has 1 rings (SSSR count). The van der Waals surface area contributed by atoms with Gasteiger partial charge in [-0.25, -0.2) is 4.98 Å². The summed E-state index contributed by atoms with van der Waals surface area (Å²) in [6.45, 7) is 0. The summed E-state index contributed by atoms with van der Waals surface area (Å²) in [5.74, 6) is 0. The van der Waals surface area contributed by atoms with Gasteiger partial charge in [-0.1, -0.05) is 0 Å². The molecule has 42 valence electrons. The van der Waals surface area contributed by atoms with Gasteiger partial charge in [-0.05, 0) is 0 Å². The summed E-state index contributed by atoms with van der Waals surface area (Å²) >= 11 is 0. The summed E-state index contributed by atoms with van der Waals surface area (Å²) in [6.07, 6.45) is -0.159. The standard InChI is InChI=1S/C5H2N4/c6-1-4-5(2-7)9-3-8-4/h3H,(H,8,9)/i3D. The van der Waals surface area contributed by atoms with Crippen molar-refractivity contribution in [1.82, 2.24) is 9.97 Å². The predicted octanol–water partition coefficient (Wildman–Crippen LogP) is 0.153. The van der Waals surface area contributed by atoms with Crippen LogP contribution in [-0.4, -0.2) is 9.97 Å². The molecule has 4 nitrogen and oxygen atoms in total. The Morgan fingerprint density at radius 3 is 2.89 bits per heavy atom. The van der Waals surface area contributed by atoms with E-state index in [0.29, 0.717) is 0 Å². The molecule has 0 aliphatic carbocycles. The lowest BCUT2D eigenvalue weighted by atomic mass is 10.4. The van der Waals surface area contributed by atoms with Crippen molar-refractivity contribution in [1.29, 1.82) is 10.5 Å². The molecule has 0 unspecified atom stereocenters. The molecule has 0 fully saturated rings. The molecule has 0 amide bonds. The number of hydrogen-bond donors (Lipinski definition) is 1. The van der Waals surface area contributed by atoms with Crippen molar-refractivity contribution in [2.75, 3.05) is 0 Å². The van der Waals surface area contributed by atoms with E-state index in [4.69, 9.17) is 11.9 Å². The highest BCUT2D eigenvalue weighted by molar-refractivity contribution is 5.34. The van der Waals surface area contributed by atoms with E-state index in [0.717, 1.165) is 0 Å². The fraction of sp³-hybridized carbons (Fsp3) is 0. The first-order chi connectivity index (χ1) is 4.77. The van der Waals surface area contributed by atoms with Gasteiger partial charge in [0, 0.05) is 0 Å². The Kier molecular flexibility index (Phi) is 0.901. The maximum atomic E-state index is 8.31. The second-order valence-electron chi connectivity index (χ2n) is 1.30. The molecule has 0 saturated carbocycles. The van der Waals surface area contributed by atoms with Gasteiger partial charge in [0.25, 0.3) is 0 Å². The fourth-order valence-electron chi connectivity index (χ4n) is 0.417. The Hall–Kier alpha value is -1.81. The number of nitrogens with zero attached hydrogens (tertiary/aromatic N) is 3. The highest BCUT2D eigenvalue weighted by Gasteiger charge is 1.99. The Morgan fingerprint density at radius 1 is 1.67 bits per heavy atom. The van der Waals surface area contributed by atoms with E-state index in [9.17, 15) is 0 Å². The highest BCUT2D eigenvalue weighted by Crippen LogP contribution is 1.95. The van der Waals surface area contributed by atoms with Crippen molar-refractivity contribution in [3.05, 3.63) is 17.7 Å². The van der Waals surface area contributed by atoms with Gasteiger partial charge < -0.3 is 4.98 Å². The molecule has 0 aliphatic rings. The van der Waals surface area contributed by atoms with Gasteiger partial charge in [-0.2, -0.15) is 10.5 Å². The molecule has 0 radical (unpaired) electrons. The number of aromatic nitrogens is 2. The van der Waals surface area contributed by atoms with Crippen LogP contribution < -0.4 is 0 Å². The normalized spacial score (nSPS) is 9.33. The van der Waals surface area contributed by atoms with Crippen LogP contribution in [0.2, 0.25) is 0 Å². The molecule has 1 heterocycles. The van der Waals surface area contributed by atoms with Crippen molar-refractivity contribution in [3.8, 4) is 12.1 Å². The van der Waals surface area contributed by atoms with E-state index < -0.39 is 0 Å². The number of rotatable bonds is 0. The largest absolute Gasteiger partial charge is 0.335 e. The Morgan fingerprint density at radius 2 is 2.44 bits per heavy atom. The van der Waals surface area contributed by atoms with Crippen molar-refractivity contribution < 1.29 is 1.37 Å². The van der Waals surface area contributed by atoms with E-state index in [1.165, 1.54) is 0 Å². The minimum atomic E-state index is -0.159. The maximum Gasteiger partial charge on any atom is 0.176 e. The summed E-state index contributed by atoms with van der Waals surface area (Å²) in [7, 11) is 0. The van der Waals surface area contributed by atoms with Crippen LogP contribution in [0.5, 0.6) is 0 Å². The third-order valence-electron chi connectivity index (χ3n) is 0.803. The number of nitriles is 2. The molecule has 0 aromatic carbocycles. The van der Waals surface area contributed by atoms with E-state index in [1.54, 1.807) is 12.1 Å². The lowest BCUT2D eigenvalue weighted by Gasteiger charge is -1.73. The summed E-state index contributed by atoms with van der Waals surface area (Å²) in [5, 5.41) is 16.6. The molecule has 1 N–H and O–H groups in total.